The number of piperidine rings is 1. The van der Waals surface area contributed by atoms with Crippen LogP contribution in [0.5, 0.6) is 5.75 Å². The lowest BCUT2D eigenvalue weighted by Gasteiger charge is -2.54. The van der Waals surface area contributed by atoms with Crippen molar-refractivity contribution in [2.45, 2.75) is 51.4 Å². The number of rotatable bonds is 7. The number of aromatic nitrogens is 2. The standard InChI is InChI=1S/C23H30ClN3O2.2C4H4O4/c1-22(2)19-14-23(5-8-26(9-6-23)11-12-27-10-7-25-16-27)15-28-21(19)18-4-3-17(24)13-20(18)29-22;2*5-3(6)1-2-4(7)8/h3-4,7,10,13,16,19,21H,5-6,8-9,11-12,14-15H2,1-2H3;2*1-2H,(H,5,6)(H,7,8)/b;2*2-1+/t19-,21+;;/m1../s1. The molecule has 2 saturated heterocycles. The second kappa shape index (κ2) is 15.7. The van der Waals surface area contributed by atoms with Gasteiger partial charge < -0.3 is 39.4 Å². The molecular formula is C31H38ClN3O10. The van der Waals surface area contributed by atoms with E-state index >= 15 is 0 Å². The predicted octanol–water partition coefficient (Wildman–Crippen LogP) is 3.99. The number of hydrogen-bond acceptors (Lipinski definition) is 8. The molecule has 0 saturated carbocycles. The summed E-state index contributed by atoms with van der Waals surface area (Å²) in [5.74, 6) is -3.78. The summed E-state index contributed by atoms with van der Waals surface area (Å²) in [5, 5.41) is 32.0. The molecule has 0 amide bonds. The molecule has 0 aliphatic carbocycles. The number of nitrogens with zero attached hydrogens (tertiary/aromatic N) is 3. The van der Waals surface area contributed by atoms with Crippen LogP contribution in [0.2, 0.25) is 5.02 Å². The Morgan fingerprint density at radius 2 is 1.53 bits per heavy atom. The normalized spacial score (nSPS) is 21.3. The minimum Gasteiger partial charge on any atom is -0.487 e. The first-order valence-electron chi connectivity index (χ1n) is 14.3. The highest BCUT2D eigenvalue weighted by Crippen LogP contribution is 2.55. The van der Waals surface area contributed by atoms with Crippen molar-refractivity contribution >= 4 is 35.5 Å². The Morgan fingerprint density at radius 1 is 0.956 bits per heavy atom. The quantitative estimate of drug-likeness (QED) is 0.317. The third-order valence-corrected chi connectivity index (χ3v) is 8.26. The van der Waals surface area contributed by atoms with Gasteiger partial charge in [-0.25, -0.2) is 24.2 Å². The molecule has 244 valence electrons. The fourth-order valence-corrected chi connectivity index (χ4v) is 5.85. The van der Waals surface area contributed by atoms with E-state index in [2.05, 4.69) is 34.4 Å². The maximum Gasteiger partial charge on any atom is 0.328 e. The van der Waals surface area contributed by atoms with Crippen LogP contribution in [0.25, 0.3) is 0 Å². The number of halogens is 1. The van der Waals surface area contributed by atoms with Gasteiger partial charge in [0.25, 0.3) is 0 Å². The van der Waals surface area contributed by atoms with Gasteiger partial charge in [-0.1, -0.05) is 17.7 Å². The van der Waals surface area contributed by atoms with Crippen molar-refractivity contribution in [3.63, 3.8) is 0 Å². The van der Waals surface area contributed by atoms with Crippen molar-refractivity contribution in [2.24, 2.45) is 11.3 Å². The number of carboxylic acid groups (broad SMARTS) is 4. The molecule has 3 aliphatic heterocycles. The van der Waals surface area contributed by atoms with Gasteiger partial charge in [0.05, 0.1) is 19.0 Å². The Morgan fingerprint density at radius 3 is 2.04 bits per heavy atom. The first-order valence-corrected chi connectivity index (χ1v) is 14.6. The second-order valence-corrected chi connectivity index (χ2v) is 12.0. The van der Waals surface area contributed by atoms with Gasteiger partial charge in [0.15, 0.2) is 0 Å². The van der Waals surface area contributed by atoms with Crippen LogP contribution in [0.1, 0.15) is 44.8 Å². The summed E-state index contributed by atoms with van der Waals surface area (Å²) in [5.41, 5.74) is 1.18. The molecule has 1 aromatic heterocycles. The number of imidazole rings is 1. The molecule has 2 atom stereocenters. The first-order chi connectivity index (χ1) is 21.2. The topological polar surface area (TPSA) is 189 Å². The Balaban J connectivity index is 0.000000287. The molecule has 2 fully saturated rings. The molecular weight excluding hydrogens is 610 g/mol. The van der Waals surface area contributed by atoms with E-state index in [9.17, 15) is 19.2 Å². The van der Waals surface area contributed by atoms with Crippen molar-refractivity contribution in [3.8, 4) is 5.75 Å². The fraction of sp³-hybridized carbons (Fsp3) is 0.452. The molecule has 3 aliphatic rings. The number of benzene rings is 1. The third-order valence-electron chi connectivity index (χ3n) is 8.02. The Hall–Kier alpha value is -4.20. The van der Waals surface area contributed by atoms with E-state index in [-0.39, 0.29) is 17.1 Å². The van der Waals surface area contributed by atoms with Crippen LogP contribution in [0.3, 0.4) is 0 Å². The summed E-state index contributed by atoms with van der Waals surface area (Å²) < 4.78 is 15.2. The number of ether oxygens (including phenoxy) is 2. The summed E-state index contributed by atoms with van der Waals surface area (Å²) >= 11 is 6.20. The predicted molar refractivity (Wildman–Crippen MR) is 162 cm³/mol. The lowest BCUT2D eigenvalue weighted by atomic mass is 9.64. The van der Waals surface area contributed by atoms with Gasteiger partial charge in [-0.3, -0.25) is 0 Å². The molecule has 2 aromatic rings. The van der Waals surface area contributed by atoms with Gasteiger partial charge in [-0.15, -0.1) is 0 Å². The lowest BCUT2D eigenvalue weighted by molar-refractivity contribution is -0.174. The highest BCUT2D eigenvalue weighted by Gasteiger charge is 2.52. The van der Waals surface area contributed by atoms with Crippen LogP contribution >= 0.6 is 11.6 Å². The van der Waals surface area contributed by atoms with E-state index < -0.39 is 23.9 Å². The van der Waals surface area contributed by atoms with E-state index in [0.717, 1.165) is 44.1 Å². The minimum absolute atomic E-state index is 0.107. The monoisotopic (exact) mass is 647 g/mol. The molecule has 1 aromatic carbocycles. The SMILES string of the molecule is CC1(C)Oc2cc(Cl)ccc2[C@@H]2OCC3(CCN(CCn4ccnc4)CC3)C[C@H]21.O=C(O)/C=C/C(=O)O.O=C(O)/C=C/C(=O)O. The third kappa shape index (κ3) is 10.7. The Labute approximate surface area is 265 Å². The molecule has 4 N–H and O–H groups in total. The summed E-state index contributed by atoms with van der Waals surface area (Å²) in [6, 6.07) is 5.97. The van der Waals surface area contributed by atoms with Crippen LogP contribution in [-0.4, -0.2) is 90.6 Å². The fourth-order valence-electron chi connectivity index (χ4n) is 5.68. The van der Waals surface area contributed by atoms with Crippen molar-refractivity contribution in [1.82, 2.24) is 14.5 Å². The molecule has 13 nitrogen and oxygen atoms in total. The van der Waals surface area contributed by atoms with Gasteiger partial charge in [0, 0.05) is 66.3 Å². The maximum absolute atomic E-state index is 9.55. The molecule has 0 unspecified atom stereocenters. The van der Waals surface area contributed by atoms with Gasteiger partial charge >= 0.3 is 23.9 Å². The lowest BCUT2D eigenvalue weighted by Crippen LogP contribution is -2.54. The average molecular weight is 648 g/mol. The zero-order chi connectivity index (χ0) is 33.2. The van der Waals surface area contributed by atoms with Gasteiger partial charge in [-0.05, 0) is 63.7 Å². The van der Waals surface area contributed by atoms with Crippen LogP contribution in [0.15, 0.2) is 61.2 Å². The molecule has 5 rings (SSSR count). The Bertz CT molecular complexity index is 1330. The number of likely N-dealkylation sites (tertiary alicyclic amines) is 1. The van der Waals surface area contributed by atoms with Crippen LogP contribution in [-0.2, 0) is 30.5 Å². The van der Waals surface area contributed by atoms with E-state index in [0.29, 0.717) is 35.2 Å². The smallest absolute Gasteiger partial charge is 0.328 e. The van der Waals surface area contributed by atoms with Crippen molar-refractivity contribution in [3.05, 3.63) is 71.8 Å². The summed E-state index contributed by atoms with van der Waals surface area (Å²) in [7, 11) is 0. The summed E-state index contributed by atoms with van der Waals surface area (Å²) in [4.78, 5) is 44.9. The van der Waals surface area contributed by atoms with Gasteiger partial charge in [0.2, 0.25) is 0 Å². The maximum atomic E-state index is 9.55. The first kappa shape index (κ1) is 35.3. The zero-order valence-electron chi connectivity index (χ0n) is 25.0. The number of carboxylic acids is 4. The molecule has 14 heteroatoms. The molecule has 4 heterocycles. The van der Waals surface area contributed by atoms with Crippen LogP contribution in [0.4, 0.5) is 0 Å². The highest BCUT2D eigenvalue weighted by atomic mass is 35.5. The zero-order valence-corrected chi connectivity index (χ0v) is 25.8. The number of aliphatic carboxylic acids is 4. The van der Waals surface area contributed by atoms with E-state index in [1.165, 1.54) is 19.3 Å². The van der Waals surface area contributed by atoms with Crippen LogP contribution < -0.4 is 4.74 Å². The Kier molecular flexibility index (Phi) is 12.3. The molecule has 0 bridgehead atoms. The van der Waals surface area contributed by atoms with Crippen molar-refractivity contribution in [1.29, 1.82) is 0 Å². The van der Waals surface area contributed by atoms with E-state index in [1.54, 1.807) is 0 Å². The summed E-state index contributed by atoms with van der Waals surface area (Å²) in [6.07, 6.45) is 11.7. The van der Waals surface area contributed by atoms with Gasteiger partial charge in [0.1, 0.15) is 11.4 Å². The summed E-state index contributed by atoms with van der Waals surface area (Å²) in [6.45, 7) is 9.64. The largest absolute Gasteiger partial charge is 0.487 e. The molecule has 1 spiro atoms. The van der Waals surface area contributed by atoms with E-state index in [1.807, 2.05) is 30.9 Å². The van der Waals surface area contributed by atoms with E-state index in [4.69, 9.17) is 41.5 Å². The molecule has 0 radical (unpaired) electrons. The second-order valence-electron chi connectivity index (χ2n) is 11.6. The van der Waals surface area contributed by atoms with Gasteiger partial charge in [-0.2, -0.15) is 0 Å². The van der Waals surface area contributed by atoms with Crippen molar-refractivity contribution in [2.75, 3.05) is 26.2 Å². The average Bonchev–Trinajstić information content (AvgIpc) is 3.49. The minimum atomic E-state index is -1.26. The highest BCUT2D eigenvalue weighted by molar-refractivity contribution is 6.30. The number of hydrogen-bond donors (Lipinski definition) is 4. The molecule has 45 heavy (non-hydrogen) atoms. The number of fused-ring (bicyclic) bond motifs is 3. The number of carbonyl (C=O) groups is 4. The van der Waals surface area contributed by atoms with Crippen molar-refractivity contribution < 1.29 is 49.1 Å². The van der Waals surface area contributed by atoms with Crippen LogP contribution in [0, 0.1) is 11.3 Å².